The van der Waals surface area contributed by atoms with Crippen molar-refractivity contribution >= 4 is 5.91 Å². The molecular formula is C12H22N2O2. The maximum atomic E-state index is 11.9. The average Bonchev–Trinajstić information content (AvgIpc) is 2.33. The molecule has 1 saturated heterocycles. The molecule has 2 fully saturated rings. The molecule has 0 spiro atoms. The van der Waals surface area contributed by atoms with Gasteiger partial charge in [0.05, 0.1) is 18.1 Å². The Hall–Kier alpha value is -0.610. The molecule has 1 aliphatic carbocycles. The van der Waals surface area contributed by atoms with Crippen LogP contribution in [0.1, 0.15) is 38.5 Å². The number of amides is 1. The van der Waals surface area contributed by atoms with E-state index in [2.05, 4.69) is 10.6 Å². The number of hydrogen-bond acceptors (Lipinski definition) is 3. The third-order valence-electron chi connectivity index (χ3n) is 3.72. The summed E-state index contributed by atoms with van der Waals surface area (Å²) in [4.78, 5) is 11.9. The van der Waals surface area contributed by atoms with Gasteiger partial charge in [0.1, 0.15) is 0 Å². The summed E-state index contributed by atoms with van der Waals surface area (Å²) < 4.78 is 0. The first-order chi connectivity index (χ1) is 7.77. The van der Waals surface area contributed by atoms with E-state index in [0.29, 0.717) is 0 Å². The zero-order valence-electron chi connectivity index (χ0n) is 9.74. The van der Waals surface area contributed by atoms with Crippen LogP contribution in [0, 0.1) is 5.92 Å². The van der Waals surface area contributed by atoms with E-state index in [9.17, 15) is 9.90 Å². The number of aliphatic hydroxyl groups is 1. The van der Waals surface area contributed by atoms with Gasteiger partial charge in [-0.05, 0) is 32.2 Å². The van der Waals surface area contributed by atoms with Gasteiger partial charge in [-0.15, -0.1) is 0 Å². The Morgan fingerprint density at radius 2 is 2.00 bits per heavy atom. The van der Waals surface area contributed by atoms with Crippen molar-refractivity contribution in [3.63, 3.8) is 0 Å². The maximum Gasteiger partial charge on any atom is 0.224 e. The van der Waals surface area contributed by atoms with Crippen LogP contribution >= 0.6 is 0 Å². The van der Waals surface area contributed by atoms with Crippen LogP contribution in [0.4, 0.5) is 0 Å². The number of carbonyl (C=O) groups excluding carboxylic acids is 1. The van der Waals surface area contributed by atoms with Gasteiger partial charge in [-0.1, -0.05) is 12.8 Å². The van der Waals surface area contributed by atoms with Crippen LogP contribution < -0.4 is 10.6 Å². The fraction of sp³-hybridized carbons (Fsp3) is 0.917. The minimum Gasteiger partial charge on any atom is -0.391 e. The normalized spacial score (nSPS) is 35.7. The number of carbonyl (C=O) groups is 1. The molecule has 3 atom stereocenters. The van der Waals surface area contributed by atoms with Gasteiger partial charge in [-0.25, -0.2) is 0 Å². The lowest BCUT2D eigenvalue weighted by Crippen LogP contribution is -2.49. The highest BCUT2D eigenvalue weighted by Crippen LogP contribution is 2.19. The molecule has 4 nitrogen and oxygen atoms in total. The monoisotopic (exact) mass is 226 g/mol. The summed E-state index contributed by atoms with van der Waals surface area (Å²) in [5, 5.41) is 16.0. The Balaban J connectivity index is 1.80. The van der Waals surface area contributed by atoms with Crippen molar-refractivity contribution in [2.75, 3.05) is 13.1 Å². The van der Waals surface area contributed by atoms with Crippen molar-refractivity contribution in [2.24, 2.45) is 5.92 Å². The third kappa shape index (κ3) is 2.95. The maximum absolute atomic E-state index is 11.9. The quantitative estimate of drug-likeness (QED) is 0.639. The Labute approximate surface area is 96.8 Å². The van der Waals surface area contributed by atoms with Gasteiger partial charge in [0.15, 0.2) is 0 Å². The molecule has 0 radical (unpaired) electrons. The van der Waals surface area contributed by atoms with Gasteiger partial charge < -0.3 is 15.7 Å². The molecule has 0 aromatic carbocycles. The van der Waals surface area contributed by atoms with Gasteiger partial charge in [0.2, 0.25) is 5.91 Å². The molecule has 3 N–H and O–H groups in total. The van der Waals surface area contributed by atoms with E-state index in [-0.39, 0.29) is 24.0 Å². The molecule has 4 heteroatoms. The van der Waals surface area contributed by atoms with Crippen LogP contribution in [-0.2, 0) is 4.79 Å². The van der Waals surface area contributed by atoms with Gasteiger partial charge in [0, 0.05) is 6.54 Å². The number of rotatable bonds is 2. The van der Waals surface area contributed by atoms with Gasteiger partial charge >= 0.3 is 0 Å². The molecule has 92 valence electrons. The molecule has 1 aliphatic heterocycles. The van der Waals surface area contributed by atoms with Crippen molar-refractivity contribution in [3.05, 3.63) is 0 Å². The lowest BCUT2D eigenvalue weighted by atomic mass is 9.91. The largest absolute Gasteiger partial charge is 0.391 e. The third-order valence-corrected chi connectivity index (χ3v) is 3.72. The molecule has 2 rings (SSSR count). The summed E-state index contributed by atoms with van der Waals surface area (Å²) in [6, 6.07) is -0.0109. The summed E-state index contributed by atoms with van der Waals surface area (Å²) in [6.45, 7) is 1.81. The summed E-state index contributed by atoms with van der Waals surface area (Å²) in [6.07, 6.45) is 5.66. The van der Waals surface area contributed by atoms with E-state index >= 15 is 0 Å². The number of nitrogens with one attached hydrogen (secondary N) is 2. The van der Waals surface area contributed by atoms with Crippen molar-refractivity contribution in [1.82, 2.24) is 10.6 Å². The first kappa shape index (κ1) is 11.9. The van der Waals surface area contributed by atoms with E-state index in [1.807, 2.05) is 0 Å². The molecule has 0 aromatic heterocycles. The second kappa shape index (κ2) is 5.64. The zero-order chi connectivity index (χ0) is 11.4. The summed E-state index contributed by atoms with van der Waals surface area (Å²) in [5.41, 5.74) is 0. The minimum atomic E-state index is -0.339. The van der Waals surface area contributed by atoms with Crippen LogP contribution in [0.3, 0.4) is 0 Å². The van der Waals surface area contributed by atoms with Crippen molar-refractivity contribution in [1.29, 1.82) is 0 Å². The minimum absolute atomic E-state index is 0.0109. The molecule has 1 amide bonds. The fourth-order valence-electron chi connectivity index (χ4n) is 2.66. The van der Waals surface area contributed by atoms with Crippen LogP contribution in [0.15, 0.2) is 0 Å². The van der Waals surface area contributed by atoms with E-state index in [0.717, 1.165) is 51.6 Å². The smallest absolute Gasteiger partial charge is 0.224 e. The summed E-state index contributed by atoms with van der Waals surface area (Å²) >= 11 is 0. The highest BCUT2D eigenvalue weighted by atomic mass is 16.3. The second-order valence-electron chi connectivity index (χ2n) is 5.01. The van der Waals surface area contributed by atoms with E-state index < -0.39 is 0 Å². The molecule has 2 aliphatic rings. The van der Waals surface area contributed by atoms with Gasteiger partial charge in [-0.2, -0.15) is 0 Å². The second-order valence-corrected chi connectivity index (χ2v) is 5.01. The molecule has 0 aromatic rings. The van der Waals surface area contributed by atoms with Gasteiger partial charge in [0.25, 0.3) is 0 Å². The van der Waals surface area contributed by atoms with Crippen LogP contribution in [0.25, 0.3) is 0 Å². The van der Waals surface area contributed by atoms with Crippen LogP contribution in [-0.4, -0.2) is 36.2 Å². The average molecular weight is 226 g/mol. The first-order valence-corrected chi connectivity index (χ1v) is 6.46. The first-order valence-electron chi connectivity index (χ1n) is 6.46. The van der Waals surface area contributed by atoms with E-state index in [4.69, 9.17) is 0 Å². The van der Waals surface area contributed by atoms with Crippen LogP contribution in [0.2, 0.25) is 0 Å². The van der Waals surface area contributed by atoms with Gasteiger partial charge in [-0.3, -0.25) is 4.79 Å². The molecule has 0 unspecified atom stereocenters. The standard InChI is InChI=1S/C12H22N2O2/c15-11-6-2-1-5-10(11)14-12(16)9-4-3-7-13-8-9/h9-11,13,15H,1-8H2,(H,14,16)/t9-,10+,11+/m1/s1. The fourth-order valence-corrected chi connectivity index (χ4v) is 2.66. The van der Waals surface area contributed by atoms with Crippen molar-refractivity contribution in [3.8, 4) is 0 Å². The highest BCUT2D eigenvalue weighted by molar-refractivity contribution is 5.79. The van der Waals surface area contributed by atoms with Crippen molar-refractivity contribution < 1.29 is 9.90 Å². The number of hydrogen-bond donors (Lipinski definition) is 3. The lowest BCUT2D eigenvalue weighted by Gasteiger charge is -2.31. The van der Waals surface area contributed by atoms with E-state index in [1.54, 1.807) is 0 Å². The SMILES string of the molecule is O=C(N[C@H]1CCCC[C@@H]1O)[C@@H]1CCCNC1. The number of piperidine rings is 1. The molecule has 1 heterocycles. The summed E-state index contributed by atoms with van der Waals surface area (Å²) in [7, 11) is 0. The zero-order valence-corrected chi connectivity index (χ0v) is 9.74. The number of aliphatic hydroxyl groups excluding tert-OH is 1. The lowest BCUT2D eigenvalue weighted by molar-refractivity contribution is -0.127. The predicted molar refractivity (Wildman–Crippen MR) is 62.0 cm³/mol. The van der Waals surface area contributed by atoms with E-state index in [1.165, 1.54) is 0 Å². The Bertz CT molecular complexity index is 239. The summed E-state index contributed by atoms with van der Waals surface area (Å²) in [5.74, 6) is 0.223. The Morgan fingerprint density at radius 3 is 2.69 bits per heavy atom. The predicted octanol–water partition coefficient (Wildman–Crippen LogP) is 0.406. The Morgan fingerprint density at radius 1 is 1.19 bits per heavy atom. The molecule has 1 saturated carbocycles. The highest BCUT2D eigenvalue weighted by Gasteiger charge is 2.28. The molecule has 0 bridgehead atoms. The van der Waals surface area contributed by atoms with Crippen molar-refractivity contribution in [2.45, 2.75) is 50.7 Å². The molecular weight excluding hydrogens is 204 g/mol. The Kier molecular flexibility index (Phi) is 4.18. The molecule has 16 heavy (non-hydrogen) atoms. The topological polar surface area (TPSA) is 61.4 Å². The van der Waals surface area contributed by atoms with Crippen LogP contribution in [0.5, 0.6) is 0 Å².